The van der Waals surface area contributed by atoms with Gasteiger partial charge in [0.1, 0.15) is 31.0 Å². The highest BCUT2D eigenvalue weighted by atomic mass is 16.6. The summed E-state index contributed by atoms with van der Waals surface area (Å²) in [6.45, 7) is 37.3. The summed E-state index contributed by atoms with van der Waals surface area (Å²) in [5.74, 6) is -4.28. The third kappa shape index (κ3) is 21.0. The molecule has 5 fully saturated rings. The molecule has 5 heterocycles. The van der Waals surface area contributed by atoms with Crippen molar-refractivity contribution in [2.24, 2.45) is 39.4 Å². The van der Waals surface area contributed by atoms with Crippen molar-refractivity contribution in [1.29, 1.82) is 0 Å². The van der Waals surface area contributed by atoms with Crippen molar-refractivity contribution in [3.8, 4) is 0 Å². The van der Waals surface area contributed by atoms with Gasteiger partial charge >= 0.3 is 59.7 Å². The van der Waals surface area contributed by atoms with Crippen molar-refractivity contribution >= 4 is 59.7 Å². The first kappa shape index (κ1) is 67.7. The van der Waals surface area contributed by atoms with Crippen LogP contribution in [-0.2, 0) is 95.3 Å². The maximum Gasteiger partial charge on any atom is 0.348 e. The molecule has 75 heavy (non-hydrogen) atoms. The van der Waals surface area contributed by atoms with Crippen LogP contribution in [0.25, 0.3) is 0 Å². The van der Waals surface area contributed by atoms with Gasteiger partial charge in [0.05, 0.1) is 28.6 Å². The number of carbonyl (C=O) groups excluding carboxylic acids is 10. The van der Waals surface area contributed by atoms with Crippen molar-refractivity contribution in [2.45, 2.75) is 238 Å². The molecule has 5 rings (SSSR count). The van der Waals surface area contributed by atoms with E-state index in [1.807, 2.05) is 90.0 Å². The van der Waals surface area contributed by atoms with Crippen LogP contribution in [0.2, 0.25) is 0 Å². The van der Waals surface area contributed by atoms with E-state index in [0.29, 0.717) is 58.2 Å². The molecular weight excluding hydrogens is 981 g/mol. The van der Waals surface area contributed by atoms with Gasteiger partial charge in [-0.3, -0.25) is 24.0 Å². The molecule has 5 saturated heterocycles. The molecule has 0 radical (unpaired) electrons. The quantitative estimate of drug-likeness (QED) is 0.111. The van der Waals surface area contributed by atoms with Gasteiger partial charge < -0.3 is 47.4 Å². The number of hydrogen-bond acceptors (Lipinski definition) is 20. The second-order valence-corrected chi connectivity index (χ2v) is 23.3. The van der Waals surface area contributed by atoms with E-state index in [4.69, 9.17) is 47.4 Å². The number of cyclic esters (lactones) is 5. The molecule has 0 spiro atoms. The van der Waals surface area contributed by atoms with Gasteiger partial charge in [0.15, 0.2) is 0 Å². The first-order valence-electron chi connectivity index (χ1n) is 26.4. The summed E-state index contributed by atoms with van der Waals surface area (Å²) in [4.78, 5) is 114. The third-order valence-electron chi connectivity index (χ3n) is 13.7. The van der Waals surface area contributed by atoms with Crippen LogP contribution in [0.1, 0.15) is 190 Å². The molecule has 10 atom stereocenters. The van der Waals surface area contributed by atoms with Crippen LogP contribution in [0.3, 0.4) is 0 Å². The van der Waals surface area contributed by atoms with Crippen LogP contribution in [0.5, 0.6) is 0 Å². The van der Waals surface area contributed by atoms with Gasteiger partial charge in [-0.05, 0) is 87.5 Å². The van der Waals surface area contributed by atoms with E-state index in [1.165, 1.54) is 0 Å². The van der Waals surface area contributed by atoms with Gasteiger partial charge in [0.2, 0.25) is 30.5 Å². The molecule has 0 aromatic rings. The average Bonchev–Trinajstić information content (AvgIpc) is 4.07. The molecule has 430 valence electrons. The zero-order valence-corrected chi connectivity index (χ0v) is 48.5. The summed E-state index contributed by atoms with van der Waals surface area (Å²) >= 11 is 0. The van der Waals surface area contributed by atoms with Crippen molar-refractivity contribution in [3.63, 3.8) is 0 Å². The Morgan fingerprint density at radius 3 is 1.13 bits per heavy atom. The predicted octanol–water partition coefficient (Wildman–Crippen LogP) is 8.06. The number of ether oxygens (including phenoxy) is 10. The van der Waals surface area contributed by atoms with Crippen LogP contribution in [-0.4, -0.2) is 121 Å². The Hall–Kier alpha value is -5.30. The molecular formula is C55H90O20. The van der Waals surface area contributed by atoms with E-state index in [0.717, 1.165) is 6.42 Å². The second kappa shape index (κ2) is 28.7. The fraction of sp³-hybridized carbons (Fsp3) is 0.818. The van der Waals surface area contributed by atoms with E-state index in [1.54, 1.807) is 48.5 Å². The van der Waals surface area contributed by atoms with Gasteiger partial charge in [-0.15, -0.1) is 0 Å². The second-order valence-electron chi connectivity index (χ2n) is 23.3. The predicted molar refractivity (Wildman–Crippen MR) is 271 cm³/mol. The highest BCUT2D eigenvalue weighted by Gasteiger charge is 2.49. The molecule has 0 N–H and O–H groups in total. The lowest BCUT2D eigenvalue weighted by molar-refractivity contribution is -0.170. The number of esters is 10. The summed E-state index contributed by atoms with van der Waals surface area (Å²) in [6, 6.07) is 0. The van der Waals surface area contributed by atoms with E-state index < -0.39 is 87.6 Å². The Morgan fingerprint density at radius 1 is 0.507 bits per heavy atom. The van der Waals surface area contributed by atoms with Crippen LogP contribution in [0, 0.1) is 39.4 Å². The molecule has 5 aliphatic rings. The summed E-state index contributed by atoms with van der Waals surface area (Å²) in [6.07, 6.45) is 0.936. The maximum absolute atomic E-state index is 11.9. The molecule has 20 nitrogen and oxygen atoms in total. The topological polar surface area (TPSA) is 263 Å². The Labute approximate surface area is 444 Å². The lowest BCUT2D eigenvalue weighted by atomic mass is 9.88. The highest BCUT2D eigenvalue weighted by Crippen LogP contribution is 2.35. The first-order chi connectivity index (χ1) is 34.3. The minimum atomic E-state index is -0.772. The molecule has 0 aromatic carbocycles. The molecule has 0 bridgehead atoms. The van der Waals surface area contributed by atoms with Gasteiger partial charge in [0.25, 0.3) is 0 Å². The smallest absolute Gasteiger partial charge is 0.348 e. The Morgan fingerprint density at radius 2 is 0.840 bits per heavy atom. The normalized spacial score (nSPS) is 26.0. The van der Waals surface area contributed by atoms with Crippen molar-refractivity contribution in [1.82, 2.24) is 0 Å². The summed E-state index contributed by atoms with van der Waals surface area (Å²) in [5, 5.41) is 0. The zero-order chi connectivity index (χ0) is 58.2. The Kier molecular flexibility index (Phi) is 25.9. The van der Waals surface area contributed by atoms with Crippen LogP contribution in [0.4, 0.5) is 0 Å². The first-order valence-corrected chi connectivity index (χ1v) is 26.4. The standard InChI is InChI=1S/C12H20O4.3C11H18O4.C10H16O4/c1-6-11(2,3)10(14)16-8-9(13)15-7-12(8,4)5;1-5-11(3,4)10(13)15-8-6-7(2)14-9(8)12;1-5-7(2)9(12)15-8-10(13)14-6-11(8,3)4;1-5-7(2)9(12)14-8-6-11(3,4)15-10(8)13;1-4-6(2)9(11)14-8-5-7(3)13-10(8)12/h8H,6-7H2,1-5H3;3*7-8H,5-6H2,1-4H3;6-8H,4-5H2,1-3H3. The van der Waals surface area contributed by atoms with E-state index in [2.05, 4.69) is 0 Å². The highest BCUT2D eigenvalue weighted by molar-refractivity contribution is 5.85. The third-order valence-corrected chi connectivity index (χ3v) is 13.7. The van der Waals surface area contributed by atoms with Gasteiger partial charge in [-0.2, -0.15) is 0 Å². The monoisotopic (exact) mass is 1070 g/mol. The molecule has 20 heteroatoms. The fourth-order valence-corrected chi connectivity index (χ4v) is 6.59. The average molecular weight is 1070 g/mol. The molecule has 5 aliphatic heterocycles. The molecule has 0 aliphatic carbocycles. The maximum atomic E-state index is 11.9. The lowest BCUT2D eigenvalue weighted by Gasteiger charge is -2.27. The number of hydrogen-bond donors (Lipinski definition) is 0. The molecule has 0 saturated carbocycles. The van der Waals surface area contributed by atoms with Crippen LogP contribution in [0.15, 0.2) is 0 Å². The molecule has 0 aromatic heterocycles. The number of carbonyl (C=O) groups is 10. The summed E-state index contributed by atoms with van der Waals surface area (Å²) in [5.41, 5.74) is -2.46. The largest absolute Gasteiger partial charge is 0.462 e. The van der Waals surface area contributed by atoms with E-state index in [-0.39, 0.29) is 59.8 Å². The van der Waals surface area contributed by atoms with Crippen molar-refractivity contribution in [2.75, 3.05) is 13.2 Å². The van der Waals surface area contributed by atoms with Crippen molar-refractivity contribution in [3.05, 3.63) is 0 Å². The summed E-state index contributed by atoms with van der Waals surface area (Å²) < 4.78 is 50.4. The fourth-order valence-electron chi connectivity index (χ4n) is 6.59. The Bertz CT molecular complexity index is 2000. The SMILES string of the molecule is CCC(C)(C)C(=O)OC1C(=O)OCC1(C)C.CCC(C)(C)C(=O)OC1CC(C)OC1=O.CCC(C)C(=O)OC1C(=O)OCC1(C)C.CCC(C)C(=O)OC1CC(C)(C)OC1=O.CCC(C)C(=O)OC1CC(C)OC1=O. The van der Waals surface area contributed by atoms with Crippen LogP contribution >= 0.6 is 0 Å². The van der Waals surface area contributed by atoms with Gasteiger partial charge in [-0.25, -0.2) is 24.0 Å². The van der Waals surface area contributed by atoms with Crippen LogP contribution < -0.4 is 0 Å². The minimum Gasteiger partial charge on any atom is -0.462 e. The minimum absolute atomic E-state index is 0.141. The summed E-state index contributed by atoms with van der Waals surface area (Å²) in [7, 11) is 0. The zero-order valence-electron chi connectivity index (χ0n) is 48.5. The van der Waals surface area contributed by atoms with E-state index in [9.17, 15) is 47.9 Å². The van der Waals surface area contributed by atoms with E-state index >= 15 is 0 Å². The number of rotatable bonds is 15. The van der Waals surface area contributed by atoms with Gasteiger partial charge in [0, 0.05) is 30.1 Å². The molecule has 10 unspecified atom stereocenters. The van der Waals surface area contributed by atoms with Gasteiger partial charge in [-0.1, -0.05) is 83.1 Å². The van der Waals surface area contributed by atoms with Crippen molar-refractivity contribution < 1.29 is 95.3 Å². The Balaban J connectivity index is 0.000000469. The lowest BCUT2D eigenvalue weighted by Crippen LogP contribution is -2.39. The molecule has 0 amide bonds.